The molecule has 0 saturated carbocycles. The molecule has 180 valence electrons. The zero-order chi connectivity index (χ0) is 24.8. The van der Waals surface area contributed by atoms with Crippen LogP contribution in [0, 0.1) is 0 Å². The molecule has 0 fully saturated rings. The van der Waals surface area contributed by atoms with Crippen molar-refractivity contribution in [2.24, 2.45) is 0 Å². The van der Waals surface area contributed by atoms with Crippen molar-refractivity contribution < 1.29 is 23.7 Å². The highest BCUT2D eigenvalue weighted by Gasteiger charge is 2.21. The Bertz CT molecular complexity index is 1320. The lowest BCUT2D eigenvalue weighted by molar-refractivity contribution is 0.0696. The van der Waals surface area contributed by atoms with E-state index >= 15 is 0 Å². The molecule has 1 unspecified atom stereocenters. The highest BCUT2D eigenvalue weighted by Crippen LogP contribution is 2.52. The zero-order valence-corrected chi connectivity index (χ0v) is 19.7. The summed E-state index contributed by atoms with van der Waals surface area (Å²) in [5.74, 6) is -0.763. The third-order valence-electron chi connectivity index (χ3n) is 5.18. The van der Waals surface area contributed by atoms with Crippen molar-refractivity contribution in [3.63, 3.8) is 0 Å². The molecule has 0 aliphatic carbocycles. The van der Waals surface area contributed by atoms with Crippen LogP contribution in [-0.4, -0.2) is 27.9 Å². The number of anilines is 2. The molecule has 0 bridgehead atoms. The second kappa shape index (κ2) is 10.4. The molecule has 1 heterocycles. The average Bonchev–Trinajstić information content (AvgIpc) is 3.34. The number of aromatic carboxylic acids is 1. The first kappa shape index (κ1) is 23.9. The van der Waals surface area contributed by atoms with Gasteiger partial charge < -0.3 is 29.4 Å². The van der Waals surface area contributed by atoms with Crippen LogP contribution in [-0.2, 0) is 6.54 Å². The molecule has 35 heavy (non-hydrogen) atoms. The normalized spacial score (nSPS) is 13.3. The molecule has 1 atom stereocenters. The van der Waals surface area contributed by atoms with Crippen molar-refractivity contribution >= 4 is 33.9 Å². The Hall–Kier alpha value is -4.21. The number of urea groups is 1. The number of carboxylic acids is 1. The maximum absolute atomic E-state index is 12.2. The summed E-state index contributed by atoms with van der Waals surface area (Å²) in [6.45, 7) is 0.0474. The summed E-state index contributed by atoms with van der Waals surface area (Å²) in [7, 11) is -2.37. The molecule has 0 radical (unpaired) electrons. The summed E-state index contributed by atoms with van der Waals surface area (Å²) < 4.78 is 19.7. The number of furan rings is 1. The van der Waals surface area contributed by atoms with E-state index in [0.717, 1.165) is 22.3 Å². The van der Waals surface area contributed by atoms with Crippen molar-refractivity contribution in [2.75, 3.05) is 16.3 Å². The van der Waals surface area contributed by atoms with E-state index in [1.807, 2.05) is 54.6 Å². The van der Waals surface area contributed by atoms with E-state index in [2.05, 4.69) is 15.4 Å². The van der Waals surface area contributed by atoms with Gasteiger partial charge in [0.2, 0.25) is 0 Å². The minimum atomic E-state index is -2.37. The van der Waals surface area contributed by atoms with Gasteiger partial charge in [0, 0.05) is 22.5 Å². The Morgan fingerprint density at radius 1 is 0.914 bits per heavy atom. The summed E-state index contributed by atoms with van der Waals surface area (Å²) in [6, 6.07) is 25.5. The van der Waals surface area contributed by atoms with Gasteiger partial charge in [-0.3, -0.25) is 0 Å². The predicted molar refractivity (Wildman–Crippen MR) is 138 cm³/mol. The maximum atomic E-state index is 12.2. The Kier molecular flexibility index (Phi) is 7.09. The fourth-order valence-corrected chi connectivity index (χ4v) is 5.17. The molecule has 0 aliphatic heterocycles. The first-order chi connectivity index (χ1) is 16.8. The van der Waals surface area contributed by atoms with Crippen molar-refractivity contribution in [2.45, 2.75) is 11.4 Å². The van der Waals surface area contributed by atoms with E-state index in [4.69, 9.17) is 9.52 Å². The third-order valence-corrected chi connectivity index (χ3v) is 7.03. The van der Waals surface area contributed by atoms with Crippen LogP contribution in [0.5, 0.6) is 0 Å². The van der Waals surface area contributed by atoms with Gasteiger partial charge in [-0.15, -0.1) is 0 Å². The number of carbonyl (C=O) groups excluding carboxylic acids is 1. The molecule has 4 aromatic rings. The van der Waals surface area contributed by atoms with Crippen LogP contribution in [0.3, 0.4) is 0 Å². The molecule has 2 amide bonds. The van der Waals surface area contributed by atoms with Crippen LogP contribution in [0.15, 0.2) is 101 Å². The molecule has 0 aliphatic rings. The second-order valence-corrected chi connectivity index (χ2v) is 10.2. The van der Waals surface area contributed by atoms with E-state index in [1.54, 1.807) is 30.5 Å². The molecule has 5 N–H and O–H groups in total. The molecule has 4 rings (SSSR count). The quantitative estimate of drug-likeness (QED) is 0.198. The number of carboxylic acid groups (broad SMARTS) is 1. The van der Waals surface area contributed by atoms with Gasteiger partial charge in [-0.2, -0.15) is 0 Å². The predicted octanol–water partition coefficient (Wildman–Crippen LogP) is 6.26. The standard InChI is InChI=1S/C26H25N3O5S/c1-35(33,24-10-6-5-9-23(24)18-7-3-2-4-8-18)29-21-13-11-20(12-14-21)28-26(32)27-16-22-15-19(17-34-22)25(30)31/h2-15,17,29,33H,16H2,1H3,(H,30,31)(H2,27,28,32). The third kappa shape index (κ3) is 6.03. The van der Waals surface area contributed by atoms with Crippen molar-refractivity contribution in [1.82, 2.24) is 5.32 Å². The number of nitrogens with one attached hydrogen (secondary N) is 3. The molecule has 0 spiro atoms. The van der Waals surface area contributed by atoms with Crippen LogP contribution in [0.1, 0.15) is 16.1 Å². The summed E-state index contributed by atoms with van der Waals surface area (Å²) in [4.78, 5) is 23.9. The van der Waals surface area contributed by atoms with Gasteiger partial charge in [0.1, 0.15) is 12.0 Å². The van der Waals surface area contributed by atoms with Crippen LogP contribution >= 0.6 is 10.5 Å². The van der Waals surface area contributed by atoms with Crippen LogP contribution in [0.25, 0.3) is 11.1 Å². The molecule has 8 nitrogen and oxygen atoms in total. The lowest BCUT2D eigenvalue weighted by Gasteiger charge is -2.33. The van der Waals surface area contributed by atoms with E-state index in [0.29, 0.717) is 17.1 Å². The average molecular weight is 492 g/mol. The van der Waals surface area contributed by atoms with Crippen LogP contribution in [0.4, 0.5) is 16.2 Å². The first-order valence-corrected chi connectivity index (χ1v) is 12.7. The van der Waals surface area contributed by atoms with Gasteiger partial charge in [-0.1, -0.05) is 48.5 Å². The van der Waals surface area contributed by atoms with Crippen molar-refractivity contribution in [1.29, 1.82) is 0 Å². The minimum absolute atomic E-state index is 0.0229. The number of benzene rings is 3. The number of rotatable bonds is 8. The number of hydrogen-bond acceptors (Lipinski definition) is 5. The fraction of sp³-hybridized carbons (Fsp3) is 0.0769. The SMILES string of the molecule is CS(O)(Nc1ccc(NC(=O)NCc2cc(C(=O)O)co2)cc1)c1ccccc1-c1ccccc1. The van der Waals surface area contributed by atoms with E-state index in [9.17, 15) is 14.1 Å². The zero-order valence-electron chi connectivity index (χ0n) is 18.9. The second-order valence-electron chi connectivity index (χ2n) is 7.83. The van der Waals surface area contributed by atoms with Gasteiger partial charge in [-0.05, 0) is 58.0 Å². The Balaban J connectivity index is 1.38. The summed E-state index contributed by atoms with van der Waals surface area (Å²) in [5, 5.41) is 14.2. The highest BCUT2D eigenvalue weighted by molar-refractivity contribution is 8.29. The lowest BCUT2D eigenvalue weighted by Crippen LogP contribution is -2.28. The van der Waals surface area contributed by atoms with Gasteiger partial charge in [0.15, 0.2) is 0 Å². The minimum Gasteiger partial charge on any atom is -0.478 e. The van der Waals surface area contributed by atoms with Gasteiger partial charge in [0.25, 0.3) is 0 Å². The topological polar surface area (TPSA) is 124 Å². The lowest BCUT2D eigenvalue weighted by atomic mass is 10.1. The molecule has 3 aromatic carbocycles. The molecular weight excluding hydrogens is 466 g/mol. The number of hydrogen-bond donors (Lipinski definition) is 5. The van der Waals surface area contributed by atoms with Crippen LogP contribution in [0.2, 0.25) is 0 Å². The molecular formula is C26H25N3O5S. The monoisotopic (exact) mass is 491 g/mol. The molecule has 9 heteroatoms. The summed E-state index contributed by atoms with van der Waals surface area (Å²) >= 11 is 0. The number of carbonyl (C=O) groups is 2. The van der Waals surface area contributed by atoms with Gasteiger partial charge in [0.05, 0.1) is 12.1 Å². The van der Waals surface area contributed by atoms with E-state index in [1.165, 1.54) is 6.07 Å². The summed E-state index contributed by atoms with van der Waals surface area (Å²) in [5.41, 5.74) is 3.27. The Morgan fingerprint density at radius 2 is 1.57 bits per heavy atom. The van der Waals surface area contributed by atoms with Gasteiger partial charge >= 0.3 is 12.0 Å². The van der Waals surface area contributed by atoms with Crippen LogP contribution < -0.4 is 15.4 Å². The van der Waals surface area contributed by atoms with Gasteiger partial charge in [-0.25, -0.2) is 9.59 Å². The fourth-order valence-electron chi connectivity index (χ4n) is 3.50. The van der Waals surface area contributed by atoms with Crippen molar-refractivity contribution in [3.05, 3.63) is 103 Å². The number of amides is 2. The maximum Gasteiger partial charge on any atom is 0.338 e. The largest absolute Gasteiger partial charge is 0.478 e. The molecule has 1 aromatic heterocycles. The van der Waals surface area contributed by atoms with E-state index < -0.39 is 22.5 Å². The van der Waals surface area contributed by atoms with E-state index in [-0.39, 0.29) is 12.1 Å². The summed E-state index contributed by atoms with van der Waals surface area (Å²) in [6.07, 6.45) is 2.90. The Morgan fingerprint density at radius 3 is 2.26 bits per heavy atom. The van der Waals surface area contributed by atoms with Crippen molar-refractivity contribution in [3.8, 4) is 11.1 Å². The first-order valence-electron chi connectivity index (χ1n) is 10.7. The molecule has 0 saturated heterocycles. The Labute approximate surface area is 204 Å². The smallest absolute Gasteiger partial charge is 0.338 e. The highest BCUT2D eigenvalue weighted by atomic mass is 32.3.